The molecule has 0 saturated heterocycles. The Balaban J connectivity index is 1.83. The third-order valence-electron chi connectivity index (χ3n) is 8.41. The van der Waals surface area contributed by atoms with Crippen molar-refractivity contribution >= 4 is 0 Å². The molecule has 0 aromatic rings. The predicted octanol–water partition coefficient (Wildman–Crippen LogP) is 5.67. The van der Waals surface area contributed by atoms with Gasteiger partial charge in [-0.2, -0.15) is 0 Å². The molecular weight excluding hydrogens is 228 g/mol. The summed E-state index contributed by atoms with van der Waals surface area (Å²) in [6.45, 7) is 10.4. The highest BCUT2D eigenvalue weighted by molar-refractivity contribution is 5.19. The first kappa shape index (κ1) is 12.7. The third kappa shape index (κ3) is 1.37. The first-order chi connectivity index (χ1) is 8.93. The average Bonchev–Trinajstić information content (AvgIpc) is 2.33. The maximum Gasteiger partial charge on any atom is -0.0258 e. The van der Waals surface area contributed by atoms with Crippen LogP contribution in [0, 0.1) is 39.9 Å². The van der Waals surface area contributed by atoms with Gasteiger partial charge in [-0.25, -0.2) is 0 Å². The zero-order valence-electron chi connectivity index (χ0n) is 13.5. The molecule has 5 aliphatic carbocycles. The second-order valence-electron chi connectivity index (χ2n) is 9.51. The molecule has 0 spiro atoms. The summed E-state index contributed by atoms with van der Waals surface area (Å²) in [5, 5.41) is 0. The fraction of sp³-hybridized carbons (Fsp3) is 1.00. The molecule has 0 heterocycles. The predicted molar refractivity (Wildman–Crippen MR) is 80.9 cm³/mol. The van der Waals surface area contributed by atoms with Crippen LogP contribution in [0.3, 0.4) is 0 Å². The van der Waals surface area contributed by atoms with Crippen LogP contribution in [0.15, 0.2) is 0 Å². The lowest BCUT2D eigenvalue weighted by atomic mass is 9.29. The summed E-state index contributed by atoms with van der Waals surface area (Å²) < 4.78 is 0. The Bertz CT molecular complexity index is 371. The monoisotopic (exact) mass is 260 g/mol. The topological polar surface area (TPSA) is 0 Å². The molecule has 0 N–H and O–H groups in total. The van der Waals surface area contributed by atoms with Crippen molar-refractivity contribution in [2.45, 2.75) is 79.1 Å². The molecule has 19 heavy (non-hydrogen) atoms. The Morgan fingerprint density at radius 3 is 2.00 bits per heavy atom. The van der Waals surface area contributed by atoms with Crippen LogP contribution < -0.4 is 0 Å². The minimum atomic E-state index is 0.698. The highest BCUT2D eigenvalue weighted by Gasteiger charge is 2.70. The Morgan fingerprint density at radius 2 is 1.47 bits per heavy atom. The van der Waals surface area contributed by atoms with Crippen molar-refractivity contribution in [3.63, 3.8) is 0 Å². The standard InChI is InChI=1S/C19H32/c1-5-9-18(3)15-10-17(2)11-16(18)14-8-6-7-13(15)19(14,4)12-17/h13-16H,5-12H2,1-4H3. The molecule has 4 atom stereocenters. The number of rotatable bonds is 2. The van der Waals surface area contributed by atoms with Crippen molar-refractivity contribution in [2.75, 3.05) is 0 Å². The molecule has 6 bridgehead atoms. The van der Waals surface area contributed by atoms with E-state index in [0.29, 0.717) is 10.8 Å². The Hall–Kier alpha value is 0. The van der Waals surface area contributed by atoms with Gasteiger partial charge in [0, 0.05) is 0 Å². The van der Waals surface area contributed by atoms with Crippen molar-refractivity contribution in [3.05, 3.63) is 0 Å². The highest BCUT2D eigenvalue weighted by atomic mass is 14.7. The van der Waals surface area contributed by atoms with Gasteiger partial charge in [0.1, 0.15) is 0 Å². The van der Waals surface area contributed by atoms with Crippen molar-refractivity contribution < 1.29 is 0 Å². The third-order valence-corrected chi connectivity index (χ3v) is 8.41. The molecule has 4 unspecified atom stereocenters. The van der Waals surface area contributed by atoms with E-state index in [9.17, 15) is 0 Å². The summed E-state index contributed by atoms with van der Waals surface area (Å²) >= 11 is 0. The lowest BCUT2D eigenvalue weighted by Gasteiger charge is -2.75. The van der Waals surface area contributed by atoms with Gasteiger partial charge in [0.05, 0.1) is 0 Å². The zero-order chi connectivity index (χ0) is 13.5. The average molecular weight is 260 g/mol. The molecule has 0 heteroatoms. The fourth-order valence-corrected chi connectivity index (χ4v) is 8.14. The van der Waals surface area contributed by atoms with E-state index in [-0.39, 0.29) is 0 Å². The molecule has 0 nitrogen and oxygen atoms in total. The van der Waals surface area contributed by atoms with Crippen LogP contribution in [-0.2, 0) is 0 Å². The molecule has 0 radical (unpaired) electrons. The lowest BCUT2D eigenvalue weighted by molar-refractivity contribution is -0.266. The van der Waals surface area contributed by atoms with Gasteiger partial charge in [-0.15, -0.1) is 0 Å². The van der Waals surface area contributed by atoms with Crippen LogP contribution in [-0.4, -0.2) is 0 Å². The summed E-state index contributed by atoms with van der Waals surface area (Å²) in [5.41, 5.74) is 2.14. The Morgan fingerprint density at radius 1 is 0.895 bits per heavy atom. The summed E-state index contributed by atoms with van der Waals surface area (Å²) in [6.07, 6.45) is 12.2. The van der Waals surface area contributed by atoms with E-state index >= 15 is 0 Å². The van der Waals surface area contributed by atoms with Gasteiger partial charge < -0.3 is 0 Å². The molecule has 5 aliphatic rings. The minimum Gasteiger partial charge on any atom is -0.0654 e. The molecule has 0 amide bonds. The smallest absolute Gasteiger partial charge is 0.0258 e. The fourth-order valence-electron chi connectivity index (χ4n) is 8.14. The molecule has 0 aromatic heterocycles. The van der Waals surface area contributed by atoms with Gasteiger partial charge in [-0.05, 0) is 78.4 Å². The molecule has 108 valence electrons. The van der Waals surface area contributed by atoms with Crippen LogP contribution in [0.5, 0.6) is 0 Å². The summed E-state index contributed by atoms with van der Waals surface area (Å²) in [5.74, 6) is 4.28. The van der Waals surface area contributed by atoms with Gasteiger partial charge in [-0.3, -0.25) is 0 Å². The Kier molecular flexibility index (Phi) is 2.41. The van der Waals surface area contributed by atoms with Gasteiger partial charge in [0.25, 0.3) is 0 Å². The highest BCUT2D eigenvalue weighted by Crippen LogP contribution is 2.78. The van der Waals surface area contributed by atoms with Crippen LogP contribution in [0.1, 0.15) is 79.1 Å². The van der Waals surface area contributed by atoms with Crippen molar-refractivity contribution in [2.24, 2.45) is 39.9 Å². The summed E-state index contributed by atoms with van der Waals surface area (Å²) in [4.78, 5) is 0. The SMILES string of the molecule is CCCC1(C)C2CC3(C)CC1C1CCCC2C1(C)C3. The molecular formula is C19H32. The molecule has 5 fully saturated rings. The largest absolute Gasteiger partial charge is 0.0654 e. The van der Waals surface area contributed by atoms with E-state index in [1.807, 2.05) is 0 Å². The van der Waals surface area contributed by atoms with E-state index in [1.54, 1.807) is 32.1 Å². The van der Waals surface area contributed by atoms with E-state index in [1.165, 1.54) is 19.3 Å². The first-order valence-electron chi connectivity index (χ1n) is 8.93. The molecule has 0 aliphatic heterocycles. The zero-order valence-corrected chi connectivity index (χ0v) is 13.5. The van der Waals surface area contributed by atoms with E-state index in [0.717, 1.165) is 29.1 Å². The van der Waals surface area contributed by atoms with Crippen LogP contribution in [0.25, 0.3) is 0 Å². The van der Waals surface area contributed by atoms with Gasteiger partial charge in [0.2, 0.25) is 0 Å². The quantitative estimate of drug-likeness (QED) is 0.600. The maximum atomic E-state index is 2.70. The first-order valence-corrected chi connectivity index (χ1v) is 8.93. The summed E-state index contributed by atoms with van der Waals surface area (Å²) in [6, 6.07) is 0. The maximum absolute atomic E-state index is 2.70. The normalized spacial score (nSPS) is 62.5. The lowest BCUT2D eigenvalue weighted by Crippen LogP contribution is -2.68. The Labute approximate surface area is 119 Å². The van der Waals surface area contributed by atoms with Crippen LogP contribution >= 0.6 is 0 Å². The van der Waals surface area contributed by atoms with Crippen LogP contribution in [0.2, 0.25) is 0 Å². The van der Waals surface area contributed by atoms with Crippen molar-refractivity contribution in [1.82, 2.24) is 0 Å². The number of hydrogen-bond donors (Lipinski definition) is 0. The molecule has 0 aromatic carbocycles. The van der Waals surface area contributed by atoms with Gasteiger partial charge in [0.15, 0.2) is 0 Å². The van der Waals surface area contributed by atoms with Crippen molar-refractivity contribution in [3.8, 4) is 0 Å². The van der Waals surface area contributed by atoms with Crippen LogP contribution in [0.4, 0.5) is 0 Å². The van der Waals surface area contributed by atoms with E-state index in [4.69, 9.17) is 0 Å². The summed E-state index contributed by atoms with van der Waals surface area (Å²) in [7, 11) is 0. The second-order valence-corrected chi connectivity index (χ2v) is 9.51. The number of hydrogen-bond acceptors (Lipinski definition) is 0. The van der Waals surface area contributed by atoms with Gasteiger partial charge in [-0.1, -0.05) is 40.5 Å². The molecule has 5 saturated carbocycles. The molecule has 5 rings (SSSR count). The van der Waals surface area contributed by atoms with E-state index in [2.05, 4.69) is 27.7 Å². The second kappa shape index (κ2) is 3.60. The van der Waals surface area contributed by atoms with Gasteiger partial charge >= 0.3 is 0 Å². The minimum absolute atomic E-state index is 0.698. The van der Waals surface area contributed by atoms with Crippen molar-refractivity contribution in [1.29, 1.82) is 0 Å². The van der Waals surface area contributed by atoms with E-state index < -0.39 is 0 Å².